The zero-order valence-corrected chi connectivity index (χ0v) is 31.3. The standard InChI is InChI=1S/C40H79NO5/c1-5-9-12-15-18-22-28-37(8-4)45-39(43)31-25-21-26-33-41(35-36-42)34-27-32-40(44)46-38(29-23-19-16-13-10-6-2)30-24-20-17-14-11-7-3/h37-38,42H,5-36H2,1-4H3. The molecule has 46 heavy (non-hydrogen) atoms. The van der Waals surface area contributed by atoms with Crippen molar-refractivity contribution < 1.29 is 24.2 Å². The van der Waals surface area contributed by atoms with Gasteiger partial charge in [-0.25, -0.2) is 0 Å². The fourth-order valence-electron chi connectivity index (χ4n) is 6.26. The molecular weight excluding hydrogens is 574 g/mol. The Morgan fingerprint density at radius 3 is 1.35 bits per heavy atom. The first-order valence-electron chi connectivity index (χ1n) is 20.2. The van der Waals surface area contributed by atoms with Crippen molar-refractivity contribution in [2.75, 3.05) is 26.2 Å². The Balaban J connectivity index is 4.30. The van der Waals surface area contributed by atoms with E-state index in [1.165, 1.54) is 96.3 Å². The van der Waals surface area contributed by atoms with Gasteiger partial charge in [-0.15, -0.1) is 0 Å². The lowest BCUT2D eigenvalue weighted by molar-refractivity contribution is -0.150. The first kappa shape index (κ1) is 44.9. The van der Waals surface area contributed by atoms with Crippen molar-refractivity contribution in [1.29, 1.82) is 0 Å². The quantitative estimate of drug-likeness (QED) is 0.0535. The van der Waals surface area contributed by atoms with Crippen molar-refractivity contribution in [3.63, 3.8) is 0 Å². The number of nitrogens with zero attached hydrogens (tertiary/aromatic N) is 1. The predicted molar refractivity (Wildman–Crippen MR) is 195 cm³/mol. The molecule has 0 aromatic rings. The van der Waals surface area contributed by atoms with Gasteiger partial charge in [-0.1, -0.05) is 130 Å². The molecule has 0 radical (unpaired) electrons. The average molecular weight is 654 g/mol. The minimum absolute atomic E-state index is 0.0603. The predicted octanol–water partition coefficient (Wildman–Crippen LogP) is 11.1. The van der Waals surface area contributed by atoms with E-state index in [0.717, 1.165) is 83.7 Å². The van der Waals surface area contributed by atoms with Crippen LogP contribution in [0.4, 0.5) is 0 Å². The highest BCUT2D eigenvalue weighted by atomic mass is 16.5. The Morgan fingerprint density at radius 2 is 0.870 bits per heavy atom. The second kappa shape index (κ2) is 35.2. The Kier molecular flexibility index (Phi) is 34.3. The van der Waals surface area contributed by atoms with Crippen LogP contribution in [-0.4, -0.2) is 60.4 Å². The normalized spacial score (nSPS) is 12.2. The van der Waals surface area contributed by atoms with E-state index >= 15 is 0 Å². The van der Waals surface area contributed by atoms with E-state index in [0.29, 0.717) is 19.4 Å². The van der Waals surface area contributed by atoms with Gasteiger partial charge in [0.05, 0.1) is 6.61 Å². The van der Waals surface area contributed by atoms with Gasteiger partial charge in [0.25, 0.3) is 0 Å². The molecule has 0 aliphatic carbocycles. The zero-order valence-electron chi connectivity index (χ0n) is 31.3. The van der Waals surface area contributed by atoms with Gasteiger partial charge < -0.3 is 19.5 Å². The number of aliphatic hydroxyl groups excluding tert-OH is 1. The van der Waals surface area contributed by atoms with Crippen LogP contribution < -0.4 is 0 Å². The largest absolute Gasteiger partial charge is 0.462 e. The summed E-state index contributed by atoms with van der Waals surface area (Å²) in [6.45, 7) is 11.2. The topological polar surface area (TPSA) is 76.1 Å². The molecule has 6 nitrogen and oxygen atoms in total. The minimum Gasteiger partial charge on any atom is -0.462 e. The van der Waals surface area contributed by atoms with Crippen molar-refractivity contribution in [2.45, 2.75) is 220 Å². The summed E-state index contributed by atoms with van der Waals surface area (Å²) >= 11 is 0. The molecule has 0 amide bonds. The third-order valence-corrected chi connectivity index (χ3v) is 9.32. The maximum Gasteiger partial charge on any atom is 0.306 e. The molecule has 0 heterocycles. The first-order valence-corrected chi connectivity index (χ1v) is 20.2. The summed E-state index contributed by atoms with van der Waals surface area (Å²) in [6, 6.07) is 0. The Bertz CT molecular complexity index is 642. The maximum atomic E-state index is 12.8. The second-order valence-corrected chi connectivity index (χ2v) is 13.8. The number of ether oxygens (including phenoxy) is 2. The SMILES string of the molecule is CCCCCCCCC(CC)OC(=O)CCCCCN(CCO)CCCC(=O)OC(CCCCCCCC)CCCCCCCC. The summed E-state index contributed by atoms with van der Waals surface area (Å²) in [5.41, 5.74) is 0. The molecule has 1 unspecified atom stereocenters. The molecule has 0 aromatic heterocycles. The summed E-state index contributed by atoms with van der Waals surface area (Å²) in [4.78, 5) is 27.4. The van der Waals surface area contributed by atoms with E-state index in [4.69, 9.17) is 9.47 Å². The number of hydrogen-bond donors (Lipinski definition) is 1. The number of carbonyl (C=O) groups excluding carboxylic acids is 2. The molecule has 0 saturated carbocycles. The van der Waals surface area contributed by atoms with E-state index < -0.39 is 0 Å². The highest BCUT2D eigenvalue weighted by Gasteiger charge is 2.16. The fourth-order valence-corrected chi connectivity index (χ4v) is 6.26. The Labute approximate surface area is 286 Å². The van der Waals surface area contributed by atoms with Crippen molar-refractivity contribution >= 4 is 11.9 Å². The van der Waals surface area contributed by atoms with E-state index in [1.807, 2.05) is 0 Å². The van der Waals surface area contributed by atoms with E-state index in [1.54, 1.807) is 0 Å². The van der Waals surface area contributed by atoms with Gasteiger partial charge >= 0.3 is 11.9 Å². The van der Waals surface area contributed by atoms with Gasteiger partial charge in [-0.3, -0.25) is 9.59 Å². The smallest absolute Gasteiger partial charge is 0.306 e. The average Bonchev–Trinajstić information content (AvgIpc) is 3.04. The summed E-state index contributed by atoms with van der Waals surface area (Å²) < 4.78 is 11.8. The molecule has 1 N–H and O–H groups in total. The molecule has 0 aliphatic heterocycles. The highest BCUT2D eigenvalue weighted by molar-refractivity contribution is 5.69. The molecular formula is C40H79NO5. The molecule has 0 bridgehead atoms. The highest BCUT2D eigenvalue weighted by Crippen LogP contribution is 2.18. The number of unbranched alkanes of at least 4 members (excludes halogenated alkanes) is 17. The third kappa shape index (κ3) is 30.2. The van der Waals surface area contributed by atoms with E-state index in [9.17, 15) is 14.7 Å². The summed E-state index contributed by atoms with van der Waals surface area (Å²) in [7, 11) is 0. The fraction of sp³-hybridized carbons (Fsp3) is 0.950. The molecule has 274 valence electrons. The minimum atomic E-state index is -0.0636. The number of hydrogen-bond acceptors (Lipinski definition) is 6. The molecule has 0 fully saturated rings. The summed E-state index contributed by atoms with van der Waals surface area (Å²) in [5, 5.41) is 9.57. The van der Waals surface area contributed by atoms with Crippen LogP contribution in [0.15, 0.2) is 0 Å². The van der Waals surface area contributed by atoms with Gasteiger partial charge in [0, 0.05) is 19.4 Å². The molecule has 0 saturated heterocycles. The van der Waals surface area contributed by atoms with Crippen LogP contribution in [-0.2, 0) is 19.1 Å². The summed E-state index contributed by atoms with van der Waals surface area (Å²) in [6.07, 6.45) is 31.2. The van der Waals surface area contributed by atoms with Crippen LogP contribution in [0.5, 0.6) is 0 Å². The lowest BCUT2D eigenvalue weighted by Gasteiger charge is -2.22. The van der Waals surface area contributed by atoms with Crippen molar-refractivity contribution in [3.8, 4) is 0 Å². The van der Waals surface area contributed by atoms with Crippen LogP contribution in [0.1, 0.15) is 207 Å². The Morgan fingerprint density at radius 1 is 0.478 bits per heavy atom. The van der Waals surface area contributed by atoms with E-state index in [2.05, 4.69) is 32.6 Å². The lowest BCUT2D eigenvalue weighted by atomic mass is 10.0. The molecule has 6 heteroatoms. The van der Waals surface area contributed by atoms with Gasteiger partial charge in [0.2, 0.25) is 0 Å². The van der Waals surface area contributed by atoms with Crippen LogP contribution in [0.25, 0.3) is 0 Å². The molecule has 1 atom stereocenters. The molecule has 0 rings (SSSR count). The molecule has 0 aliphatic rings. The van der Waals surface area contributed by atoms with Crippen LogP contribution in [0.2, 0.25) is 0 Å². The molecule has 0 aromatic carbocycles. The van der Waals surface area contributed by atoms with E-state index in [-0.39, 0.29) is 30.8 Å². The summed E-state index contributed by atoms with van der Waals surface area (Å²) in [5.74, 6) is -0.124. The van der Waals surface area contributed by atoms with Crippen LogP contribution in [0.3, 0.4) is 0 Å². The third-order valence-electron chi connectivity index (χ3n) is 9.32. The zero-order chi connectivity index (χ0) is 33.9. The number of carbonyl (C=O) groups is 2. The van der Waals surface area contributed by atoms with Gasteiger partial charge in [-0.2, -0.15) is 0 Å². The lowest BCUT2D eigenvalue weighted by Crippen LogP contribution is -2.30. The number of aliphatic hydroxyl groups is 1. The van der Waals surface area contributed by atoms with Gasteiger partial charge in [-0.05, 0) is 77.3 Å². The monoisotopic (exact) mass is 654 g/mol. The van der Waals surface area contributed by atoms with Crippen LogP contribution >= 0.6 is 0 Å². The van der Waals surface area contributed by atoms with Crippen molar-refractivity contribution in [2.24, 2.45) is 0 Å². The number of rotatable bonds is 36. The second-order valence-electron chi connectivity index (χ2n) is 13.8. The Hall–Kier alpha value is -1.14. The first-order chi connectivity index (χ1) is 22.5. The van der Waals surface area contributed by atoms with Gasteiger partial charge in [0.15, 0.2) is 0 Å². The maximum absolute atomic E-state index is 12.8. The van der Waals surface area contributed by atoms with Crippen molar-refractivity contribution in [1.82, 2.24) is 4.90 Å². The van der Waals surface area contributed by atoms with Gasteiger partial charge in [0.1, 0.15) is 12.2 Å². The number of esters is 2. The van der Waals surface area contributed by atoms with Crippen molar-refractivity contribution in [3.05, 3.63) is 0 Å². The van der Waals surface area contributed by atoms with Crippen LogP contribution in [0, 0.1) is 0 Å². The molecule has 0 spiro atoms.